The van der Waals surface area contributed by atoms with E-state index >= 15 is 0 Å². The number of nitrogens with zero attached hydrogens (tertiary/aromatic N) is 3. The molecule has 0 radical (unpaired) electrons. The molecule has 0 atom stereocenters. The molecular weight excluding hydrogens is 300 g/mol. The van der Waals surface area contributed by atoms with E-state index in [0.29, 0.717) is 16.8 Å². The first-order valence-electron chi connectivity index (χ1n) is 7.50. The summed E-state index contributed by atoms with van der Waals surface area (Å²) in [5, 5.41) is 18.9. The highest BCUT2D eigenvalue weighted by Crippen LogP contribution is 2.44. The van der Waals surface area contributed by atoms with E-state index in [0.717, 1.165) is 39.4 Å². The van der Waals surface area contributed by atoms with Gasteiger partial charge in [0.15, 0.2) is 0 Å². The zero-order valence-corrected chi connectivity index (χ0v) is 14.0. The summed E-state index contributed by atoms with van der Waals surface area (Å²) in [6.45, 7) is 7.51. The van der Waals surface area contributed by atoms with E-state index in [4.69, 9.17) is 10.2 Å². The highest BCUT2D eigenvalue weighted by Gasteiger charge is 2.29. The quantitative estimate of drug-likeness (QED) is 0.859. The van der Waals surface area contributed by atoms with Crippen molar-refractivity contribution in [1.29, 1.82) is 10.5 Å². The Morgan fingerprint density at radius 2 is 1.88 bits per heavy atom. The fraction of sp³-hybridized carbons (Fsp3) is 0.211. The Kier molecular flexibility index (Phi) is 3.51. The maximum Gasteiger partial charge on any atom is 0.142 e. The van der Waals surface area contributed by atoms with Crippen LogP contribution in [0.3, 0.4) is 0 Å². The zero-order valence-electron chi connectivity index (χ0n) is 14.0. The van der Waals surface area contributed by atoms with Crippen molar-refractivity contribution in [2.45, 2.75) is 27.7 Å². The summed E-state index contributed by atoms with van der Waals surface area (Å²) >= 11 is 0. The summed E-state index contributed by atoms with van der Waals surface area (Å²) in [6.07, 6.45) is 1.98. The van der Waals surface area contributed by atoms with Gasteiger partial charge in [-0.2, -0.15) is 10.5 Å². The number of pyridine rings is 1. The van der Waals surface area contributed by atoms with Crippen LogP contribution in [0.5, 0.6) is 0 Å². The second kappa shape index (κ2) is 5.40. The first kappa shape index (κ1) is 15.6. The van der Waals surface area contributed by atoms with Crippen LogP contribution in [0.1, 0.15) is 46.4 Å². The average Bonchev–Trinajstić information content (AvgIpc) is 2.97. The molecule has 1 aliphatic carbocycles. The van der Waals surface area contributed by atoms with Crippen LogP contribution < -0.4 is 5.73 Å². The van der Waals surface area contributed by atoms with Crippen LogP contribution in [0.25, 0.3) is 17.2 Å². The molecule has 0 bridgehead atoms. The minimum atomic E-state index is 0.158. The Balaban J connectivity index is 2.36. The Hall–Kier alpha value is -3.31. The normalized spacial score (nSPS) is 14.7. The lowest BCUT2D eigenvalue weighted by molar-refractivity contribution is 0.504. The van der Waals surface area contributed by atoms with Gasteiger partial charge in [0.2, 0.25) is 0 Å². The lowest BCUT2D eigenvalue weighted by atomic mass is 9.95. The molecule has 5 heteroatoms. The van der Waals surface area contributed by atoms with Crippen molar-refractivity contribution in [3.05, 3.63) is 51.1 Å². The van der Waals surface area contributed by atoms with Crippen molar-refractivity contribution in [3.8, 4) is 12.1 Å². The number of furan rings is 1. The predicted octanol–water partition coefficient (Wildman–Crippen LogP) is 3.91. The van der Waals surface area contributed by atoms with E-state index < -0.39 is 0 Å². The average molecular weight is 316 g/mol. The summed E-state index contributed by atoms with van der Waals surface area (Å²) in [4.78, 5) is 4.32. The molecular formula is C19H16N4O. The van der Waals surface area contributed by atoms with Crippen LogP contribution in [0.2, 0.25) is 0 Å². The van der Waals surface area contributed by atoms with Crippen LogP contribution in [-0.4, -0.2) is 4.98 Å². The van der Waals surface area contributed by atoms with Crippen LogP contribution >= 0.6 is 0 Å². The summed E-state index contributed by atoms with van der Waals surface area (Å²) in [5.74, 6) is 1.79. The van der Waals surface area contributed by atoms with E-state index in [2.05, 4.69) is 17.1 Å². The molecule has 3 rings (SSSR count). The number of hydrogen-bond acceptors (Lipinski definition) is 5. The van der Waals surface area contributed by atoms with E-state index in [1.54, 1.807) is 0 Å². The molecule has 0 saturated heterocycles. The number of hydrogen-bond donors (Lipinski definition) is 1. The monoisotopic (exact) mass is 316 g/mol. The molecule has 2 aromatic rings. The van der Waals surface area contributed by atoms with Crippen LogP contribution in [0, 0.1) is 43.4 Å². The number of nitrogens with two attached hydrogens (primary N) is 1. The zero-order chi connectivity index (χ0) is 17.6. The number of fused-ring (bicyclic) bond motifs is 1. The van der Waals surface area contributed by atoms with Crippen molar-refractivity contribution in [1.82, 2.24) is 4.98 Å². The van der Waals surface area contributed by atoms with E-state index in [1.807, 2.05) is 39.8 Å². The molecule has 5 nitrogen and oxygen atoms in total. The molecule has 0 saturated carbocycles. The van der Waals surface area contributed by atoms with Gasteiger partial charge in [-0.15, -0.1) is 0 Å². The number of nitriles is 2. The SMILES string of the molecule is CC1=C(C#N)c2nc(N)c(C#N)c(C)c2/C1=C\c1cc(C)oc1C. The van der Waals surface area contributed by atoms with Crippen molar-refractivity contribution >= 4 is 23.0 Å². The molecule has 0 fully saturated rings. The molecule has 0 unspecified atom stereocenters. The van der Waals surface area contributed by atoms with E-state index in [1.165, 1.54) is 0 Å². The number of aryl methyl sites for hydroxylation is 2. The van der Waals surface area contributed by atoms with Gasteiger partial charge in [-0.25, -0.2) is 4.98 Å². The third-order valence-corrected chi connectivity index (χ3v) is 4.36. The fourth-order valence-corrected chi connectivity index (χ4v) is 3.14. The lowest BCUT2D eigenvalue weighted by Crippen LogP contribution is -2.03. The van der Waals surface area contributed by atoms with Crippen molar-refractivity contribution in [3.63, 3.8) is 0 Å². The number of aromatic nitrogens is 1. The Bertz CT molecular complexity index is 1020. The second-order valence-electron chi connectivity index (χ2n) is 5.87. The van der Waals surface area contributed by atoms with Crippen molar-refractivity contribution in [2.75, 3.05) is 5.73 Å². The molecule has 2 heterocycles. The molecule has 0 spiro atoms. The summed E-state index contributed by atoms with van der Waals surface area (Å²) in [6, 6.07) is 6.27. The van der Waals surface area contributed by atoms with Gasteiger partial charge in [0, 0.05) is 11.1 Å². The highest BCUT2D eigenvalue weighted by molar-refractivity contribution is 6.08. The minimum absolute atomic E-state index is 0.158. The summed E-state index contributed by atoms with van der Waals surface area (Å²) < 4.78 is 5.58. The first-order valence-corrected chi connectivity index (χ1v) is 7.50. The summed E-state index contributed by atoms with van der Waals surface area (Å²) in [5.41, 5.74) is 11.5. The minimum Gasteiger partial charge on any atom is -0.466 e. The van der Waals surface area contributed by atoms with Gasteiger partial charge in [-0.3, -0.25) is 0 Å². The highest BCUT2D eigenvalue weighted by atomic mass is 16.3. The molecule has 0 amide bonds. The molecule has 1 aliphatic rings. The Morgan fingerprint density at radius 3 is 2.42 bits per heavy atom. The van der Waals surface area contributed by atoms with Gasteiger partial charge in [-0.05, 0) is 56.5 Å². The second-order valence-corrected chi connectivity index (χ2v) is 5.87. The van der Waals surface area contributed by atoms with Crippen molar-refractivity contribution < 1.29 is 4.42 Å². The predicted molar refractivity (Wildman–Crippen MR) is 92.4 cm³/mol. The van der Waals surface area contributed by atoms with Crippen LogP contribution in [-0.2, 0) is 0 Å². The van der Waals surface area contributed by atoms with Crippen LogP contribution in [0.15, 0.2) is 16.1 Å². The van der Waals surface area contributed by atoms with Gasteiger partial charge >= 0.3 is 0 Å². The lowest BCUT2D eigenvalue weighted by Gasteiger charge is -2.10. The summed E-state index contributed by atoms with van der Waals surface area (Å²) in [7, 11) is 0. The number of anilines is 1. The van der Waals surface area contributed by atoms with Crippen molar-refractivity contribution in [2.24, 2.45) is 0 Å². The first-order chi connectivity index (χ1) is 11.4. The smallest absolute Gasteiger partial charge is 0.142 e. The third kappa shape index (κ3) is 2.11. The Labute approximate surface area is 140 Å². The molecule has 118 valence electrons. The number of nitrogen functional groups attached to an aromatic ring is 1. The molecule has 2 N–H and O–H groups in total. The topological polar surface area (TPSA) is 99.6 Å². The standard InChI is InChI=1S/C19H16N4O/c1-9-5-13(12(4)24-9)6-14-10(2)15(7-20)18-17(14)11(3)16(8-21)19(22)23-18/h5-6H,1-4H3,(H2,22,23)/b14-6-. The van der Waals surface area contributed by atoms with Gasteiger partial charge in [0.25, 0.3) is 0 Å². The molecule has 2 aromatic heterocycles. The van der Waals surface area contributed by atoms with Crippen LogP contribution in [0.4, 0.5) is 5.82 Å². The molecule has 24 heavy (non-hydrogen) atoms. The maximum absolute atomic E-state index is 9.53. The van der Waals surface area contributed by atoms with Gasteiger partial charge in [-0.1, -0.05) is 0 Å². The number of allylic oxidation sites excluding steroid dienone is 3. The van der Waals surface area contributed by atoms with Gasteiger partial charge < -0.3 is 10.2 Å². The third-order valence-electron chi connectivity index (χ3n) is 4.36. The van der Waals surface area contributed by atoms with Gasteiger partial charge in [0.1, 0.15) is 29.5 Å². The maximum atomic E-state index is 9.53. The number of rotatable bonds is 1. The van der Waals surface area contributed by atoms with E-state index in [-0.39, 0.29) is 5.82 Å². The van der Waals surface area contributed by atoms with Gasteiger partial charge in [0.05, 0.1) is 16.8 Å². The largest absolute Gasteiger partial charge is 0.466 e. The fourth-order valence-electron chi connectivity index (χ4n) is 3.14. The molecule has 0 aliphatic heterocycles. The Morgan fingerprint density at radius 1 is 1.17 bits per heavy atom. The van der Waals surface area contributed by atoms with E-state index in [9.17, 15) is 10.5 Å². The molecule has 0 aromatic carbocycles.